The molecule has 1 aliphatic heterocycles. The standard InChI is InChI=1S/C22H27N3O3S/c1-16-7-8-19-18(13-16)20(23-9-4-11-26)14-22(24-19)25-10-12-29(27,28)21-6-3-2-5-17(21)15-25/h2-3,5-8,13-14,26-28H,4,9-12,15H2,1H3,(H,23,24). The van der Waals surface area contributed by atoms with Crippen molar-refractivity contribution in [2.75, 3.05) is 35.7 Å². The maximum Gasteiger partial charge on any atom is 0.131 e. The predicted molar refractivity (Wildman–Crippen MR) is 120 cm³/mol. The molecule has 2 heterocycles. The van der Waals surface area contributed by atoms with Gasteiger partial charge in [-0.15, -0.1) is 0 Å². The molecule has 0 spiro atoms. The van der Waals surface area contributed by atoms with E-state index < -0.39 is 10.6 Å². The summed E-state index contributed by atoms with van der Waals surface area (Å²) in [6.07, 6.45) is 0.670. The highest BCUT2D eigenvalue weighted by Gasteiger charge is 2.26. The molecule has 0 saturated heterocycles. The van der Waals surface area contributed by atoms with Gasteiger partial charge in [-0.3, -0.25) is 9.11 Å². The minimum absolute atomic E-state index is 0.142. The number of fused-ring (bicyclic) bond motifs is 2. The second kappa shape index (κ2) is 8.20. The van der Waals surface area contributed by atoms with Crippen LogP contribution in [0.15, 0.2) is 53.4 Å². The van der Waals surface area contributed by atoms with Gasteiger partial charge in [-0.25, -0.2) is 4.98 Å². The molecule has 0 radical (unpaired) electrons. The molecule has 4 N–H and O–H groups in total. The first kappa shape index (κ1) is 20.0. The Labute approximate surface area is 172 Å². The van der Waals surface area contributed by atoms with Crippen LogP contribution >= 0.6 is 10.6 Å². The van der Waals surface area contributed by atoms with Gasteiger partial charge in [0, 0.05) is 43.4 Å². The van der Waals surface area contributed by atoms with Crippen molar-refractivity contribution in [1.29, 1.82) is 0 Å². The smallest absolute Gasteiger partial charge is 0.131 e. The summed E-state index contributed by atoms with van der Waals surface area (Å²) >= 11 is 0. The Morgan fingerprint density at radius 1 is 1.14 bits per heavy atom. The summed E-state index contributed by atoms with van der Waals surface area (Å²) in [4.78, 5) is 7.62. The van der Waals surface area contributed by atoms with Crippen molar-refractivity contribution in [3.63, 3.8) is 0 Å². The summed E-state index contributed by atoms with van der Waals surface area (Å²) in [7, 11) is -2.81. The van der Waals surface area contributed by atoms with E-state index in [1.165, 1.54) is 0 Å². The molecule has 3 aromatic rings. The van der Waals surface area contributed by atoms with Gasteiger partial charge in [-0.2, -0.15) is 10.6 Å². The van der Waals surface area contributed by atoms with Crippen LogP contribution < -0.4 is 10.2 Å². The predicted octanol–water partition coefficient (Wildman–Crippen LogP) is 4.47. The fourth-order valence-electron chi connectivity index (χ4n) is 3.72. The van der Waals surface area contributed by atoms with Crippen LogP contribution in [0.25, 0.3) is 10.9 Å². The van der Waals surface area contributed by atoms with E-state index in [2.05, 4.69) is 23.2 Å². The molecule has 154 valence electrons. The molecule has 0 fully saturated rings. The number of aliphatic hydroxyl groups excluding tert-OH is 1. The third-order valence-corrected chi connectivity index (χ3v) is 7.11. The fourth-order valence-corrected chi connectivity index (χ4v) is 5.26. The van der Waals surface area contributed by atoms with Crippen molar-refractivity contribution < 1.29 is 14.2 Å². The average molecular weight is 414 g/mol. The maximum absolute atomic E-state index is 10.6. The molecule has 2 aromatic carbocycles. The Morgan fingerprint density at radius 2 is 1.97 bits per heavy atom. The van der Waals surface area contributed by atoms with Crippen molar-refractivity contribution in [2.24, 2.45) is 0 Å². The highest BCUT2D eigenvalue weighted by Crippen LogP contribution is 2.51. The number of pyridine rings is 1. The zero-order chi connectivity index (χ0) is 20.4. The Hall–Kier alpha value is -2.32. The SMILES string of the molecule is Cc1ccc2nc(N3CCS(O)(O)c4ccccc4C3)cc(NCCCO)c2c1. The van der Waals surface area contributed by atoms with E-state index in [9.17, 15) is 9.11 Å². The highest BCUT2D eigenvalue weighted by atomic mass is 32.3. The summed E-state index contributed by atoms with van der Waals surface area (Å²) in [6, 6.07) is 15.7. The van der Waals surface area contributed by atoms with Crippen LogP contribution in [0.1, 0.15) is 17.5 Å². The van der Waals surface area contributed by atoms with E-state index in [1.807, 2.05) is 42.5 Å². The summed E-state index contributed by atoms with van der Waals surface area (Å²) in [5, 5.41) is 13.6. The lowest BCUT2D eigenvalue weighted by Gasteiger charge is -2.32. The lowest BCUT2D eigenvalue weighted by Crippen LogP contribution is -2.26. The summed E-state index contributed by atoms with van der Waals surface area (Å²) in [5.41, 5.74) is 3.95. The largest absolute Gasteiger partial charge is 0.396 e. The number of aliphatic hydroxyl groups is 1. The van der Waals surface area contributed by atoms with Crippen molar-refractivity contribution in [1.82, 2.24) is 4.98 Å². The molecular formula is C22H27N3O3S. The Balaban J connectivity index is 1.74. The van der Waals surface area contributed by atoms with Gasteiger partial charge in [0.2, 0.25) is 0 Å². The van der Waals surface area contributed by atoms with Gasteiger partial charge >= 0.3 is 0 Å². The molecule has 6 nitrogen and oxygen atoms in total. The number of rotatable bonds is 5. The third kappa shape index (κ3) is 4.18. The van der Waals surface area contributed by atoms with Crippen LogP contribution in [0.2, 0.25) is 0 Å². The number of nitrogens with one attached hydrogen (secondary N) is 1. The van der Waals surface area contributed by atoms with Gasteiger partial charge in [0.05, 0.1) is 16.2 Å². The first-order valence-electron chi connectivity index (χ1n) is 9.83. The molecule has 0 amide bonds. The molecule has 0 bridgehead atoms. The number of anilines is 2. The molecule has 29 heavy (non-hydrogen) atoms. The van der Waals surface area contributed by atoms with E-state index in [4.69, 9.17) is 10.1 Å². The van der Waals surface area contributed by atoms with Crippen LogP contribution in [0.4, 0.5) is 11.5 Å². The van der Waals surface area contributed by atoms with Gasteiger partial charge in [0.25, 0.3) is 0 Å². The topological polar surface area (TPSA) is 88.9 Å². The molecule has 0 aliphatic carbocycles. The van der Waals surface area contributed by atoms with Gasteiger partial charge in [-0.05, 0) is 37.1 Å². The first-order valence-corrected chi connectivity index (χ1v) is 11.5. The molecule has 0 atom stereocenters. The molecule has 0 unspecified atom stereocenters. The van der Waals surface area contributed by atoms with Gasteiger partial charge in [0.1, 0.15) is 5.82 Å². The Morgan fingerprint density at radius 3 is 2.79 bits per heavy atom. The number of hydrogen-bond acceptors (Lipinski definition) is 6. The van der Waals surface area contributed by atoms with E-state index in [1.54, 1.807) is 0 Å². The van der Waals surface area contributed by atoms with E-state index in [0.29, 0.717) is 31.0 Å². The molecular weight excluding hydrogens is 386 g/mol. The maximum atomic E-state index is 10.6. The minimum atomic E-state index is -2.81. The van der Waals surface area contributed by atoms with Crippen molar-refractivity contribution in [2.45, 2.75) is 24.8 Å². The third-order valence-electron chi connectivity index (χ3n) is 5.26. The van der Waals surface area contributed by atoms with Crippen molar-refractivity contribution >= 4 is 33.0 Å². The zero-order valence-electron chi connectivity index (χ0n) is 16.5. The zero-order valence-corrected chi connectivity index (χ0v) is 17.3. The fraction of sp³-hybridized carbons (Fsp3) is 0.318. The molecule has 1 aromatic heterocycles. The quantitative estimate of drug-likeness (QED) is 0.462. The number of aryl methyl sites for hydroxylation is 1. The van der Waals surface area contributed by atoms with Crippen molar-refractivity contribution in [3.8, 4) is 0 Å². The van der Waals surface area contributed by atoms with Gasteiger partial charge in [-0.1, -0.05) is 29.8 Å². The van der Waals surface area contributed by atoms with E-state index >= 15 is 0 Å². The second-order valence-electron chi connectivity index (χ2n) is 7.45. The lowest BCUT2D eigenvalue weighted by atomic mass is 10.1. The molecule has 0 saturated carbocycles. The number of aromatic nitrogens is 1. The minimum Gasteiger partial charge on any atom is -0.396 e. The summed E-state index contributed by atoms with van der Waals surface area (Å²) in [5.74, 6) is 1.09. The summed E-state index contributed by atoms with van der Waals surface area (Å²) < 4.78 is 21.3. The van der Waals surface area contributed by atoms with Crippen LogP contribution in [-0.2, 0) is 6.54 Å². The number of benzene rings is 2. The highest BCUT2D eigenvalue weighted by molar-refractivity contribution is 8.24. The first-order chi connectivity index (χ1) is 14.0. The molecule has 4 rings (SSSR count). The van der Waals surface area contributed by atoms with E-state index in [0.717, 1.165) is 33.5 Å². The number of hydrogen-bond donors (Lipinski definition) is 4. The number of nitrogens with zero attached hydrogens (tertiary/aromatic N) is 2. The Kier molecular flexibility index (Phi) is 5.65. The van der Waals surface area contributed by atoms with Crippen LogP contribution in [0, 0.1) is 6.92 Å². The second-order valence-corrected chi connectivity index (χ2v) is 9.63. The van der Waals surface area contributed by atoms with Gasteiger partial charge in [0.15, 0.2) is 0 Å². The van der Waals surface area contributed by atoms with Crippen LogP contribution in [0.3, 0.4) is 0 Å². The monoisotopic (exact) mass is 413 g/mol. The van der Waals surface area contributed by atoms with Crippen LogP contribution in [-0.4, -0.2) is 44.6 Å². The Bertz CT molecular complexity index is 1030. The normalized spacial score (nSPS) is 16.9. The molecule has 1 aliphatic rings. The molecule has 7 heteroatoms. The average Bonchev–Trinajstić information content (AvgIpc) is 2.84. The van der Waals surface area contributed by atoms with E-state index in [-0.39, 0.29) is 12.4 Å². The van der Waals surface area contributed by atoms with Gasteiger partial charge < -0.3 is 15.3 Å². The summed E-state index contributed by atoms with van der Waals surface area (Å²) in [6.45, 7) is 3.96. The van der Waals surface area contributed by atoms with Crippen LogP contribution in [0.5, 0.6) is 0 Å². The van der Waals surface area contributed by atoms with Crippen molar-refractivity contribution in [3.05, 3.63) is 59.7 Å². The lowest BCUT2D eigenvalue weighted by molar-refractivity contribution is 0.292.